The van der Waals surface area contributed by atoms with Gasteiger partial charge in [-0.3, -0.25) is 0 Å². The molecule has 1 heterocycles. The third-order valence-electron chi connectivity index (χ3n) is 3.18. The van der Waals surface area contributed by atoms with Crippen molar-refractivity contribution < 1.29 is 0 Å². The topological polar surface area (TPSA) is 16.1 Å². The molecule has 3 heteroatoms. The number of hydrogen-bond acceptors (Lipinski definition) is 2. The smallest absolute Gasteiger partial charge is 0.129 e. The van der Waals surface area contributed by atoms with Gasteiger partial charge in [0.25, 0.3) is 0 Å². The lowest BCUT2D eigenvalue weighted by atomic mass is 9.91. The Labute approximate surface area is 123 Å². The first kappa shape index (κ1) is 16.3. The van der Waals surface area contributed by atoms with Gasteiger partial charge >= 0.3 is 0 Å². The van der Waals surface area contributed by atoms with Crippen molar-refractivity contribution in [1.82, 2.24) is 4.98 Å². The standard InChI is InChI=1S/C16H27ClN2/c1-7-8-19(12(2)3)15-10-13(11-17)9-14(18-15)16(4,5)6/h9-10,12H,7-8,11H2,1-6H3. The fourth-order valence-corrected chi connectivity index (χ4v) is 2.21. The highest BCUT2D eigenvalue weighted by Crippen LogP contribution is 2.26. The lowest BCUT2D eigenvalue weighted by molar-refractivity contribution is 0.563. The fraction of sp³-hybridized carbons (Fsp3) is 0.688. The van der Waals surface area contributed by atoms with Crippen LogP contribution in [0.1, 0.15) is 59.2 Å². The summed E-state index contributed by atoms with van der Waals surface area (Å²) >= 11 is 6.04. The molecule has 0 aliphatic carbocycles. The Kier molecular flexibility index (Phi) is 5.66. The summed E-state index contributed by atoms with van der Waals surface area (Å²) in [5.74, 6) is 1.59. The Morgan fingerprint density at radius 2 is 1.89 bits per heavy atom. The molecule has 2 nitrogen and oxygen atoms in total. The predicted octanol–water partition coefficient (Wildman–Crippen LogP) is 4.74. The molecule has 0 aliphatic heterocycles. The van der Waals surface area contributed by atoms with E-state index in [1.165, 1.54) is 0 Å². The number of halogens is 1. The number of nitrogens with zero attached hydrogens (tertiary/aromatic N) is 2. The number of rotatable bonds is 5. The average molecular weight is 283 g/mol. The van der Waals surface area contributed by atoms with E-state index in [4.69, 9.17) is 16.6 Å². The summed E-state index contributed by atoms with van der Waals surface area (Å²) in [6.45, 7) is 14.2. The van der Waals surface area contributed by atoms with E-state index < -0.39 is 0 Å². The van der Waals surface area contributed by atoms with Crippen LogP contribution in [-0.4, -0.2) is 17.6 Å². The highest BCUT2D eigenvalue weighted by molar-refractivity contribution is 6.17. The highest BCUT2D eigenvalue weighted by atomic mass is 35.5. The van der Waals surface area contributed by atoms with Gasteiger partial charge < -0.3 is 4.90 Å². The maximum atomic E-state index is 6.04. The second-order valence-electron chi connectivity index (χ2n) is 6.39. The van der Waals surface area contributed by atoms with Crippen LogP contribution in [0.5, 0.6) is 0 Å². The molecular formula is C16H27ClN2. The second kappa shape index (κ2) is 6.60. The zero-order chi connectivity index (χ0) is 14.6. The summed E-state index contributed by atoms with van der Waals surface area (Å²) in [6.07, 6.45) is 1.12. The minimum absolute atomic E-state index is 0.0473. The minimum Gasteiger partial charge on any atom is -0.354 e. The molecule has 0 saturated heterocycles. The maximum absolute atomic E-state index is 6.04. The third kappa shape index (κ3) is 4.38. The first-order valence-electron chi connectivity index (χ1n) is 7.13. The molecule has 1 rings (SSSR count). The van der Waals surface area contributed by atoms with Crippen LogP contribution in [0.3, 0.4) is 0 Å². The van der Waals surface area contributed by atoms with Gasteiger partial charge in [-0.05, 0) is 38.0 Å². The molecule has 0 spiro atoms. The van der Waals surface area contributed by atoms with Crippen LogP contribution in [0.15, 0.2) is 12.1 Å². The van der Waals surface area contributed by atoms with Gasteiger partial charge in [-0.25, -0.2) is 4.98 Å². The first-order valence-corrected chi connectivity index (χ1v) is 7.67. The average Bonchev–Trinajstić information content (AvgIpc) is 2.33. The van der Waals surface area contributed by atoms with Gasteiger partial charge in [0.2, 0.25) is 0 Å². The summed E-state index contributed by atoms with van der Waals surface area (Å²) in [5.41, 5.74) is 2.31. The van der Waals surface area contributed by atoms with Gasteiger partial charge in [-0.15, -0.1) is 11.6 Å². The SMILES string of the molecule is CCCN(c1cc(CCl)cc(C(C)(C)C)n1)C(C)C. The van der Waals surface area contributed by atoms with E-state index >= 15 is 0 Å². The van der Waals surface area contributed by atoms with Crippen LogP contribution in [0, 0.1) is 0 Å². The molecule has 0 unspecified atom stereocenters. The third-order valence-corrected chi connectivity index (χ3v) is 3.49. The van der Waals surface area contributed by atoms with E-state index in [9.17, 15) is 0 Å². The lowest BCUT2D eigenvalue weighted by Gasteiger charge is -2.30. The van der Waals surface area contributed by atoms with Gasteiger partial charge in [-0.2, -0.15) is 0 Å². The van der Waals surface area contributed by atoms with Crippen LogP contribution in [0.2, 0.25) is 0 Å². The largest absolute Gasteiger partial charge is 0.354 e. The first-order chi connectivity index (χ1) is 8.79. The molecule has 0 atom stereocenters. The predicted molar refractivity (Wildman–Crippen MR) is 85.3 cm³/mol. The van der Waals surface area contributed by atoms with Crippen LogP contribution < -0.4 is 4.90 Å². The summed E-state index contributed by atoms with van der Waals surface area (Å²) < 4.78 is 0. The van der Waals surface area contributed by atoms with E-state index in [-0.39, 0.29) is 5.41 Å². The zero-order valence-electron chi connectivity index (χ0n) is 13.1. The van der Waals surface area contributed by atoms with Crippen molar-refractivity contribution in [2.75, 3.05) is 11.4 Å². The Hall–Kier alpha value is -0.760. The number of aromatic nitrogens is 1. The van der Waals surface area contributed by atoms with Gasteiger partial charge in [0.15, 0.2) is 0 Å². The van der Waals surface area contributed by atoms with Gasteiger partial charge in [0.1, 0.15) is 5.82 Å². The van der Waals surface area contributed by atoms with Crippen LogP contribution in [0.4, 0.5) is 5.82 Å². The van der Waals surface area contributed by atoms with Crippen molar-refractivity contribution in [3.63, 3.8) is 0 Å². The van der Waals surface area contributed by atoms with E-state index in [1.807, 2.05) is 0 Å². The molecule has 108 valence electrons. The van der Waals surface area contributed by atoms with Gasteiger partial charge in [0.05, 0.1) is 0 Å². The Balaban J connectivity index is 3.25. The fourth-order valence-electron chi connectivity index (χ4n) is 2.06. The molecule has 0 aromatic carbocycles. The molecule has 1 aromatic heterocycles. The molecule has 0 saturated carbocycles. The van der Waals surface area contributed by atoms with Crippen LogP contribution in [-0.2, 0) is 11.3 Å². The molecule has 19 heavy (non-hydrogen) atoms. The maximum Gasteiger partial charge on any atom is 0.129 e. The van der Waals surface area contributed by atoms with E-state index in [0.29, 0.717) is 11.9 Å². The summed E-state index contributed by atoms with van der Waals surface area (Å²) in [5, 5.41) is 0. The molecule has 0 radical (unpaired) electrons. The highest BCUT2D eigenvalue weighted by Gasteiger charge is 2.19. The van der Waals surface area contributed by atoms with Crippen molar-refractivity contribution in [1.29, 1.82) is 0 Å². The minimum atomic E-state index is 0.0473. The van der Waals surface area contributed by atoms with Gasteiger partial charge in [-0.1, -0.05) is 27.7 Å². The summed E-state index contributed by atoms with van der Waals surface area (Å²) in [4.78, 5) is 7.21. The number of alkyl halides is 1. The van der Waals surface area contributed by atoms with Crippen molar-refractivity contribution in [2.24, 2.45) is 0 Å². The normalized spacial score (nSPS) is 12.0. The van der Waals surface area contributed by atoms with E-state index in [1.54, 1.807) is 0 Å². The number of pyridine rings is 1. The lowest BCUT2D eigenvalue weighted by Crippen LogP contribution is -2.33. The van der Waals surface area contributed by atoms with Crippen LogP contribution >= 0.6 is 11.6 Å². The van der Waals surface area contributed by atoms with Crippen molar-refractivity contribution >= 4 is 17.4 Å². The number of anilines is 1. The monoisotopic (exact) mass is 282 g/mol. The van der Waals surface area contributed by atoms with E-state index in [0.717, 1.165) is 30.0 Å². The van der Waals surface area contributed by atoms with Crippen LogP contribution in [0.25, 0.3) is 0 Å². The van der Waals surface area contributed by atoms with E-state index in [2.05, 4.69) is 58.6 Å². The zero-order valence-corrected chi connectivity index (χ0v) is 13.9. The molecular weight excluding hydrogens is 256 g/mol. The Morgan fingerprint density at radius 3 is 2.32 bits per heavy atom. The van der Waals surface area contributed by atoms with Crippen molar-refractivity contribution in [3.05, 3.63) is 23.4 Å². The molecule has 0 aliphatic rings. The molecule has 1 aromatic rings. The number of hydrogen-bond donors (Lipinski definition) is 0. The second-order valence-corrected chi connectivity index (χ2v) is 6.66. The van der Waals surface area contributed by atoms with Crippen molar-refractivity contribution in [3.8, 4) is 0 Å². The summed E-state index contributed by atoms with van der Waals surface area (Å²) in [6, 6.07) is 4.70. The Morgan fingerprint density at radius 1 is 1.26 bits per heavy atom. The molecule has 0 amide bonds. The molecule has 0 N–H and O–H groups in total. The van der Waals surface area contributed by atoms with Crippen molar-refractivity contribution in [2.45, 2.75) is 65.3 Å². The summed E-state index contributed by atoms with van der Waals surface area (Å²) in [7, 11) is 0. The molecule has 0 fully saturated rings. The quantitative estimate of drug-likeness (QED) is 0.725. The molecule has 0 bridgehead atoms. The Bertz CT molecular complexity index is 408. The van der Waals surface area contributed by atoms with Gasteiger partial charge in [0, 0.05) is 29.6 Å².